The number of unbranched alkanes of at least 4 members (excludes halogenated alkanes) is 1. The lowest BCUT2D eigenvalue weighted by atomic mass is 10.2. The number of methoxy groups -OCH3 is 1. The number of nitrogens with zero attached hydrogens (tertiary/aromatic N) is 1. The lowest BCUT2D eigenvalue weighted by molar-refractivity contribution is 0.0963. The zero-order chi connectivity index (χ0) is 19.5. The molecule has 0 saturated heterocycles. The molecule has 0 unspecified atom stereocenters. The molecular formula is C21H27N3O3. The molecule has 2 aromatic carbocycles. The molecule has 0 aliphatic carbocycles. The van der Waals surface area contributed by atoms with Crippen LogP contribution in [0.1, 0.15) is 28.8 Å². The smallest absolute Gasteiger partial charge is 0.322 e. The van der Waals surface area contributed by atoms with Crippen LogP contribution in [0.25, 0.3) is 0 Å². The number of carbonyl (C=O) groups is 2. The lowest BCUT2D eigenvalue weighted by Gasteiger charge is -2.23. The van der Waals surface area contributed by atoms with E-state index in [-0.39, 0.29) is 11.9 Å². The first kappa shape index (κ1) is 20.5. The van der Waals surface area contributed by atoms with Crippen LogP contribution in [-0.2, 0) is 11.3 Å². The zero-order valence-corrected chi connectivity index (χ0v) is 15.9. The number of anilines is 1. The molecule has 6 heteroatoms. The van der Waals surface area contributed by atoms with Crippen LogP contribution in [0.4, 0.5) is 10.5 Å². The molecule has 3 amide bonds. The Morgan fingerprint density at radius 3 is 2.33 bits per heavy atom. The molecule has 144 valence electrons. The van der Waals surface area contributed by atoms with Crippen LogP contribution in [0.15, 0.2) is 54.6 Å². The molecule has 2 aromatic rings. The zero-order valence-electron chi connectivity index (χ0n) is 15.9. The number of nitrogens with one attached hydrogen (secondary N) is 2. The predicted octanol–water partition coefficient (Wildman–Crippen LogP) is 3.51. The number of ether oxygens (including phenoxy) is 1. The standard InChI is InChI=1S/C21H27N3O3/c1-22-20(25)18-10-12-19(13-11-18)23-21(26)24(14-6-7-15-27-2)16-17-8-4-3-5-9-17/h3-5,8-13H,6-7,14-16H2,1-2H3,(H,22,25)(H,23,26). The van der Waals surface area contributed by atoms with E-state index in [1.54, 1.807) is 43.3 Å². The monoisotopic (exact) mass is 369 g/mol. The number of urea groups is 1. The summed E-state index contributed by atoms with van der Waals surface area (Å²) in [5.74, 6) is -0.156. The van der Waals surface area contributed by atoms with Crippen LogP contribution in [-0.4, -0.2) is 44.1 Å². The van der Waals surface area contributed by atoms with Crippen LogP contribution in [0.3, 0.4) is 0 Å². The van der Waals surface area contributed by atoms with Gasteiger partial charge in [0.1, 0.15) is 0 Å². The third kappa shape index (κ3) is 6.75. The maximum Gasteiger partial charge on any atom is 0.322 e. The van der Waals surface area contributed by atoms with Crippen molar-refractivity contribution in [1.29, 1.82) is 0 Å². The molecule has 0 saturated carbocycles. The minimum atomic E-state index is -0.163. The molecule has 2 rings (SSSR count). The van der Waals surface area contributed by atoms with Crippen LogP contribution >= 0.6 is 0 Å². The van der Waals surface area contributed by atoms with Crippen LogP contribution < -0.4 is 10.6 Å². The maximum absolute atomic E-state index is 12.8. The summed E-state index contributed by atoms with van der Waals surface area (Å²) in [6, 6.07) is 16.6. The Bertz CT molecular complexity index is 717. The fourth-order valence-electron chi connectivity index (χ4n) is 2.66. The van der Waals surface area contributed by atoms with Crippen molar-refractivity contribution in [2.45, 2.75) is 19.4 Å². The summed E-state index contributed by atoms with van der Waals surface area (Å²) in [4.78, 5) is 26.2. The van der Waals surface area contributed by atoms with E-state index >= 15 is 0 Å². The number of rotatable bonds is 9. The molecule has 0 spiro atoms. The van der Waals surface area contributed by atoms with E-state index in [1.165, 1.54) is 0 Å². The highest BCUT2D eigenvalue weighted by Crippen LogP contribution is 2.13. The molecule has 2 N–H and O–H groups in total. The first-order valence-electron chi connectivity index (χ1n) is 9.05. The molecule has 0 bridgehead atoms. The summed E-state index contributed by atoms with van der Waals surface area (Å²) >= 11 is 0. The first-order chi connectivity index (χ1) is 13.1. The average molecular weight is 369 g/mol. The molecule has 0 aromatic heterocycles. The van der Waals surface area contributed by atoms with Crippen molar-refractivity contribution >= 4 is 17.6 Å². The van der Waals surface area contributed by atoms with E-state index in [9.17, 15) is 9.59 Å². The number of hydrogen-bond donors (Lipinski definition) is 2. The molecule has 6 nitrogen and oxygen atoms in total. The van der Waals surface area contributed by atoms with Gasteiger partial charge in [-0.25, -0.2) is 4.79 Å². The van der Waals surface area contributed by atoms with E-state index in [0.717, 1.165) is 18.4 Å². The molecule has 0 heterocycles. The molecule has 0 aliphatic rings. The Morgan fingerprint density at radius 1 is 1.00 bits per heavy atom. The maximum atomic E-state index is 12.8. The second kappa shape index (κ2) is 11.0. The lowest BCUT2D eigenvalue weighted by Crippen LogP contribution is -2.35. The van der Waals surface area contributed by atoms with Crippen LogP contribution in [0.2, 0.25) is 0 Å². The summed E-state index contributed by atoms with van der Waals surface area (Å²) in [6.45, 7) is 1.86. The summed E-state index contributed by atoms with van der Waals surface area (Å²) in [5.41, 5.74) is 2.29. The Kier molecular flexibility index (Phi) is 8.32. The highest BCUT2D eigenvalue weighted by atomic mass is 16.5. The van der Waals surface area contributed by atoms with Gasteiger partial charge in [-0.05, 0) is 42.7 Å². The van der Waals surface area contributed by atoms with E-state index < -0.39 is 0 Å². The van der Waals surface area contributed by atoms with Crippen LogP contribution in [0, 0.1) is 0 Å². The summed E-state index contributed by atoms with van der Waals surface area (Å²) < 4.78 is 5.09. The highest BCUT2D eigenvalue weighted by molar-refractivity contribution is 5.95. The molecule has 27 heavy (non-hydrogen) atoms. The van der Waals surface area contributed by atoms with Gasteiger partial charge in [0.05, 0.1) is 0 Å². The second-order valence-corrected chi connectivity index (χ2v) is 6.19. The van der Waals surface area contributed by atoms with Gasteiger partial charge in [0.2, 0.25) is 0 Å². The normalized spacial score (nSPS) is 10.3. The molecule has 0 aliphatic heterocycles. The van der Waals surface area contributed by atoms with Crippen molar-refractivity contribution in [3.63, 3.8) is 0 Å². The van der Waals surface area contributed by atoms with Crippen LogP contribution in [0.5, 0.6) is 0 Å². The SMILES string of the molecule is CNC(=O)c1ccc(NC(=O)N(CCCCOC)Cc2ccccc2)cc1. The van der Waals surface area contributed by atoms with Crippen molar-refractivity contribution < 1.29 is 14.3 Å². The van der Waals surface area contributed by atoms with Gasteiger partial charge < -0.3 is 20.3 Å². The molecule has 0 atom stereocenters. The van der Waals surface area contributed by atoms with Gasteiger partial charge >= 0.3 is 6.03 Å². The number of carbonyl (C=O) groups excluding carboxylic acids is 2. The quantitative estimate of drug-likeness (QED) is 0.665. The van der Waals surface area contributed by atoms with Crippen molar-refractivity contribution in [1.82, 2.24) is 10.2 Å². The first-order valence-corrected chi connectivity index (χ1v) is 9.05. The Morgan fingerprint density at radius 2 is 1.70 bits per heavy atom. The molecule has 0 radical (unpaired) electrons. The summed E-state index contributed by atoms with van der Waals surface area (Å²) in [6.07, 6.45) is 1.76. The van der Waals surface area contributed by atoms with Gasteiger partial charge in [0, 0.05) is 45.1 Å². The topological polar surface area (TPSA) is 70.7 Å². The Labute approximate surface area is 160 Å². The predicted molar refractivity (Wildman–Crippen MR) is 107 cm³/mol. The van der Waals surface area contributed by atoms with E-state index in [2.05, 4.69) is 10.6 Å². The van der Waals surface area contributed by atoms with E-state index in [0.29, 0.717) is 30.9 Å². The van der Waals surface area contributed by atoms with Gasteiger partial charge in [0.15, 0.2) is 0 Å². The minimum Gasteiger partial charge on any atom is -0.385 e. The molecule has 0 fully saturated rings. The Hall–Kier alpha value is -2.86. The molecular weight excluding hydrogens is 342 g/mol. The van der Waals surface area contributed by atoms with Crippen molar-refractivity contribution in [2.75, 3.05) is 32.6 Å². The average Bonchev–Trinajstić information content (AvgIpc) is 2.71. The van der Waals surface area contributed by atoms with Gasteiger partial charge in [-0.2, -0.15) is 0 Å². The fraction of sp³-hybridized carbons (Fsp3) is 0.333. The van der Waals surface area contributed by atoms with Gasteiger partial charge in [-0.3, -0.25) is 4.79 Å². The largest absolute Gasteiger partial charge is 0.385 e. The van der Waals surface area contributed by atoms with E-state index in [1.807, 2.05) is 30.3 Å². The van der Waals surface area contributed by atoms with E-state index in [4.69, 9.17) is 4.74 Å². The fourth-order valence-corrected chi connectivity index (χ4v) is 2.66. The van der Waals surface area contributed by atoms with Crippen molar-refractivity contribution in [2.24, 2.45) is 0 Å². The number of benzene rings is 2. The summed E-state index contributed by atoms with van der Waals surface area (Å²) in [7, 11) is 3.26. The Balaban J connectivity index is 2.01. The van der Waals surface area contributed by atoms with Crippen molar-refractivity contribution in [3.8, 4) is 0 Å². The highest BCUT2D eigenvalue weighted by Gasteiger charge is 2.14. The second-order valence-electron chi connectivity index (χ2n) is 6.19. The third-order valence-corrected chi connectivity index (χ3v) is 4.16. The third-order valence-electron chi connectivity index (χ3n) is 4.16. The van der Waals surface area contributed by atoms with Crippen molar-refractivity contribution in [3.05, 3.63) is 65.7 Å². The number of amides is 3. The van der Waals surface area contributed by atoms with Gasteiger partial charge in [-0.15, -0.1) is 0 Å². The van der Waals surface area contributed by atoms with Gasteiger partial charge in [0.25, 0.3) is 5.91 Å². The number of hydrogen-bond acceptors (Lipinski definition) is 3. The minimum absolute atomic E-state index is 0.156. The summed E-state index contributed by atoms with van der Waals surface area (Å²) in [5, 5.41) is 5.49. The van der Waals surface area contributed by atoms with Gasteiger partial charge in [-0.1, -0.05) is 30.3 Å².